The van der Waals surface area contributed by atoms with Crippen LogP contribution in [0.2, 0.25) is 0 Å². The molecule has 1 aromatic rings. The van der Waals surface area contributed by atoms with Crippen molar-refractivity contribution >= 4 is 24.3 Å². The molecule has 0 bridgehead atoms. The van der Waals surface area contributed by atoms with Gasteiger partial charge in [0.2, 0.25) is 6.79 Å². The maximum Gasteiger partial charge on any atom is 0.409 e. The molecule has 0 atom stereocenters. The molecule has 2 heterocycles. The van der Waals surface area contributed by atoms with Gasteiger partial charge in [-0.25, -0.2) is 4.79 Å². The first-order chi connectivity index (χ1) is 11.7. The first kappa shape index (κ1) is 19.3. The van der Waals surface area contributed by atoms with Crippen molar-refractivity contribution in [2.45, 2.75) is 13.3 Å². The number of piperazine rings is 1. The summed E-state index contributed by atoms with van der Waals surface area (Å²) in [6.45, 7) is 5.87. The molecule has 0 aromatic heterocycles. The maximum atomic E-state index is 12.3. The van der Waals surface area contributed by atoms with Gasteiger partial charge in [0.05, 0.1) is 6.61 Å². The number of ketones is 1. The summed E-state index contributed by atoms with van der Waals surface area (Å²) in [5, 5.41) is 0. The van der Waals surface area contributed by atoms with Crippen LogP contribution < -0.4 is 9.47 Å². The fourth-order valence-corrected chi connectivity index (χ4v) is 2.84. The van der Waals surface area contributed by atoms with E-state index in [2.05, 4.69) is 4.90 Å². The lowest BCUT2D eigenvalue weighted by atomic mass is 10.1. The van der Waals surface area contributed by atoms with E-state index in [9.17, 15) is 9.59 Å². The Balaban J connectivity index is 0.00000225. The van der Waals surface area contributed by atoms with Gasteiger partial charge in [-0.1, -0.05) is 0 Å². The van der Waals surface area contributed by atoms with Gasteiger partial charge < -0.3 is 19.1 Å². The van der Waals surface area contributed by atoms with Crippen molar-refractivity contribution < 1.29 is 23.8 Å². The monoisotopic (exact) mass is 370 g/mol. The zero-order valence-electron chi connectivity index (χ0n) is 14.2. The molecule has 25 heavy (non-hydrogen) atoms. The highest BCUT2D eigenvalue weighted by Crippen LogP contribution is 2.32. The van der Waals surface area contributed by atoms with Crippen LogP contribution in [0.4, 0.5) is 4.79 Å². The molecule has 1 amide bonds. The van der Waals surface area contributed by atoms with Crippen molar-refractivity contribution in [3.63, 3.8) is 0 Å². The summed E-state index contributed by atoms with van der Waals surface area (Å²) in [6, 6.07) is 5.28. The lowest BCUT2D eigenvalue weighted by molar-refractivity contribution is 0.0764. The second-order valence-electron chi connectivity index (χ2n) is 5.77. The minimum absolute atomic E-state index is 0. The summed E-state index contributed by atoms with van der Waals surface area (Å²) in [7, 11) is 0. The molecule has 0 aliphatic carbocycles. The number of amides is 1. The number of rotatable bonds is 5. The lowest BCUT2D eigenvalue weighted by Crippen LogP contribution is -2.49. The van der Waals surface area contributed by atoms with Gasteiger partial charge in [-0.05, 0) is 25.1 Å². The van der Waals surface area contributed by atoms with Crippen molar-refractivity contribution in [1.29, 1.82) is 0 Å². The zero-order valence-corrected chi connectivity index (χ0v) is 15.0. The highest BCUT2D eigenvalue weighted by Gasteiger charge is 2.22. The predicted molar refractivity (Wildman–Crippen MR) is 93.8 cm³/mol. The van der Waals surface area contributed by atoms with E-state index in [1.807, 2.05) is 0 Å². The molecule has 138 valence electrons. The van der Waals surface area contributed by atoms with E-state index in [0.29, 0.717) is 49.7 Å². The number of Topliss-reactive ketones (excluding diaryl/α,β-unsaturated/α-hetero) is 1. The SMILES string of the molecule is CCOC(=O)N1CCN(CCC(=O)c2ccc3c(c2)OCO3)CC1.Cl. The van der Waals surface area contributed by atoms with Crippen LogP contribution in [0.3, 0.4) is 0 Å². The third kappa shape index (κ3) is 4.76. The van der Waals surface area contributed by atoms with Crippen LogP contribution in [-0.4, -0.2) is 67.8 Å². The van der Waals surface area contributed by atoms with E-state index >= 15 is 0 Å². The lowest BCUT2D eigenvalue weighted by Gasteiger charge is -2.33. The van der Waals surface area contributed by atoms with Crippen molar-refractivity contribution in [3.8, 4) is 11.5 Å². The van der Waals surface area contributed by atoms with E-state index < -0.39 is 0 Å². The molecule has 3 rings (SSSR count). The molecule has 0 spiro atoms. The second kappa shape index (κ2) is 8.92. The zero-order chi connectivity index (χ0) is 16.9. The quantitative estimate of drug-likeness (QED) is 0.740. The van der Waals surface area contributed by atoms with E-state index in [-0.39, 0.29) is 31.1 Å². The number of benzene rings is 1. The molecule has 1 fully saturated rings. The van der Waals surface area contributed by atoms with Crippen LogP contribution >= 0.6 is 12.4 Å². The number of ether oxygens (including phenoxy) is 3. The molecule has 2 aliphatic heterocycles. The minimum atomic E-state index is -0.256. The summed E-state index contributed by atoms with van der Waals surface area (Å²) in [4.78, 5) is 27.9. The third-order valence-corrected chi connectivity index (χ3v) is 4.25. The van der Waals surface area contributed by atoms with Gasteiger partial charge in [-0.3, -0.25) is 9.69 Å². The summed E-state index contributed by atoms with van der Waals surface area (Å²) in [5.74, 6) is 1.40. The third-order valence-electron chi connectivity index (χ3n) is 4.25. The highest BCUT2D eigenvalue weighted by molar-refractivity contribution is 5.96. The fourth-order valence-electron chi connectivity index (χ4n) is 2.84. The molecular weight excluding hydrogens is 348 g/mol. The second-order valence-corrected chi connectivity index (χ2v) is 5.77. The van der Waals surface area contributed by atoms with Gasteiger partial charge in [0, 0.05) is 44.7 Å². The predicted octanol–water partition coefficient (Wildman–Crippen LogP) is 2.18. The van der Waals surface area contributed by atoms with Gasteiger partial charge in [-0.2, -0.15) is 0 Å². The van der Waals surface area contributed by atoms with Crippen LogP contribution in [0.1, 0.15) is 23.7 Å². The Bertz CT molecular complexity index is 617. The molecule has 1 aromatic carbocycles. The average Bonchev–Trinajstić information content (AvgIpc) is 3.08. The van der Waals surface area contributed by atoms with Crippen molar-refractivity contribution in [3.05, 3.63) is 23.8 Å². The van der Waals surface area contributed by atoms with E-state index in [0.717, 1.165) is 13.1 Å². The largest absolute Gasteiger partial charge is 0.454 e. The fraction of sp³-hybridized carbons (Fsp3) is 0.529. The normalized spacial score (nSPS) is 16.3. The minimum Gasteiger partial charge on any atom is -0.454 e. The van der Waals surface area contributed by atoms with Crippen molar-refractivity contribution in [1.82, 2.24) is 9.80 Å². The number of hydrogen-bond acceptors (Lipinski definition) is 6. The van der Waals surface area contributed by atoms with Gasteiger partial charge in [-0.15, -0.1) is 12.4 Å². The Morgan fingerprint density at radius 1 is 1.12 bits per heavy atom. The number of halogens is 1. The van der Waals surface area contributed by atoms with Crippen LogP contribution in [0.5, 0.6) is 11.5 Å². The summed E-state index contributed by atoms with van der Waals surface area (Å²) in [6.07, 6.45) is 0.188. The molecule has 7 nitrogen and oxygen atoms in total. The molecule has 0 unspecified atom stereocenters. The Labute approximate surface area is 153 Å². The number of carbonyl (C=O) groups is 2. The van der Waals surface area contributed by atoms with Gasteiger partial charge >= 0.3 is 6.09 Å². The van der Waals surface area contributed by atoms with E-state index in [1.165, 1.54) is 0 Å². The smallest absolute Gasteiger partial charge is 0.409 e. The summed E-state index contributed by atoms with van der Waals surface area (Å²) < 4.78 is 15.6. The summed E-state index contributed by atoms with van der Waals surface area (Å²) in [5.41, 5.74) is 0.643. The molecule has 0 radical (unpaired) electrons. The van der Waals surface area contributed by atoms with Gasteiger partial charge in [0.15, 0.2) is 17.3 Å². The molecule has 1 saturated heterocycles. The van der Waals surface area contributed by atoms with Crippen LogP contribution in [0.15, 0.2) is 18.2 Å². The van der Waals surface area contributed by atoms with Crippen LogP contribution in [0.25, 0.3) is 0 Å². The average molecular weight is 371 g/mol. The van der Waals surface area contributed by atoms with Crippen molar-refractivity contribution in [2.24, 2.45) is 0 Å². The first-order valence-corrected chi connectivity index (χ1v) is 8.24. The van der Waals surface area contributed by atoms with Gasteiger partial charge in [0.1, 0.15) is 0 Å². The summed E-state index contributed by atoms with van der Waals surface area (Å²) >= 11 is 0. The Morgan fingerprint density at radius 3 is 2.56 bits per heavy atom. The number of hydrogen-bond donors (Lipinski definition) is 0. The number of fused-ring (bicyclic) bond motifs is 1. The standard InChI is InChI=1S/C17H22N2O5.ClH/c1-2-22-17(21)19-9-7-18(8-10-19)6-5-14(20)13-3-4-15-16(11-13)24-12-23-15;/h3-4,11H,2,5-10,12H2,1H3;1H. The first-order valence-electron chi connectivity index (χ1n) is 8.24. The maximum absolute atomic E-state index is 12.3. The molecule has 0 N–H and O–H groups in total. The molecule has 8 heteroatoms. The Kier molecular flexibility index (Phi) is 6.90. The van der Waals surface area contributed by atoms with E-state index in [4.69, 9.17) is 14.2 Å². The van der Waals surface area contributed by atoms with Crippen LogP contribution in [0, 0.1) is 0 Å². The number of carbonyl (C=O) groups excluding carboxylic acids is 2. The van der Waals surface area contributed by atoms with Crippen molar-refractivity contribution in [2.75, 3.05) is 46.1 Å². The topological polar surface area (TPSA) is 68.3 Å². The van der Waals surface area contributed by atoms with E-state index in [1.54, 1.807) is 30.0 Å². The molecule has 0 saturated carbocycles. The highest BCUT2D eigenvalue weighted by atomic mass is 35.5. The van der Waals surface area contributed by atoms with Gasteiger partial charge in [0.25, 0.3) is 0 Å². The van der Waals surface area contributed by atoms with Crippen LogP contribution in [-0.2, 0) is 4.74 Å². The molecular formula is C17H23ClN2O5. The number of nitrogens with zero attached hydrogens (tertiary/aromatic N) is 2. The Hall–Kier alpha value is -1.99. The molecule has 2 aliphatic rings. The Morgan fingerprint density at radius 2 is 1.84 bits per heavy atom.